The average molecular weight is 168 g/mol. The fourth-order valence-electron chi connectivity index (χ4n) is 0.400. The van der Waals surface area contributed by atoms with E-state index in [0.29, 0.717) is 0 Å². The topological polar surface area (TPSA) is 24.4 Å². The van der Waals surface area contributed by atoms with Crippen LogP contribution in [-0.2, 0) is 0 Å². The van der Waals surface area contributed by atoms with Crippen LogP contribution in [0.15, 0.2) is 16.6 Å². The molecule has 0 aromatic heterocycles. The van der Waals surface area contributed by atoms with Crippen molar-refractivity contribution in [1.29, 1.82) is 0 Å². The lowest BCUT2D eigenvalue weighted by Crippen LogP contribution is -2.23. The Morgan fingerprint density at radius 1 is 1.50 bits per heavy atom. The molecule has 0 atom stereocenters. The molecule has 6 heteroatoms. The second kappa shape index (κ2) is 2.53. The van der Waals surface area contributed by atoms with Gasteiger partial charge in [0.05, 0.1) is 0 Å². The zero-order chi connectivity index (χ0) is 7.61. The minimum atomic E-state index is -4.34. The Balaban J connectivity index is 2.73. The van der Waals surface area contributed by atoms with E-state index in [2.05, 4.69) is 9.93 Å². The third-order valence-corrected chi connectivity index (χ3v) is 1.27. The summed E-state index contributed by atoms with van der Waals surface area (Å²) in [5, 5.41) is 4.31. The minimum absolute atomic E-state index is 0.897. The molecule has 0 spiro atoms. The van der Waals surface area contributed by atoms with Gasteiger partial charge in [0.1, 0.15) is 0 Å². The summed E-state index contributed by atoms with van der Waals surface area (Å²) in [6.45, 7) is 0. The molecule has 0 aliphatic carbocycles. The molecule has 0 fully saturated rings. The lowest BCUT2D eigenvalue weighted by molar-refractivity contribution is -0.0579. The standard InChI is InChI=1S/C4H3F3N2S/c5-4(6,7)3-1-2-10-9-8-3/h1-2,9H. The smallest absolute Gasteiger partial charge is 0.247 e. The Bertz CT molecular complexity index is 183. The molecule has 0 unspecified atom stereocenters. The summed E-state index contributed by atoms with van der Waals surface area (Å²) < 4.78 is 35.1. The van der Waals surface area contributed by atoms with Crippen LogP contribution >= 0.6 is 11.9 Å². The second-order valence-electron chi connectivity index (χ2n) is 1.51. The van der Waals surface area contributed by atoms with Crippen molar-refractivity contribution in [3.8, 4) is 0 Å². The maximum Gasteiger partial charge on any atom is 0.435 e. The molecule has 10 heavy (non-hydrogen) atoms. The molecule has 1 rings (SSSR count). The Kier molecular flexibility index (Phi) is 1.89. The predicted molar refractivity (Wildman–Crippen MR) is 33.4 cm³/mol. The van der Waals surface area contributed by atoms with Crippen molar-refractivity contribution in [3.05, 3.63) is 11.5 Å². The highest BCUT2D eigenvalue weighted by molar-refractivity contribution is 8.00. The van der Waals surface area contributed by atoms with Crippen LogP contribution in [-0.4, -0.2) is 11.9 Å². The average Bonchev–Trinajstić information content (AvgIpc) is 1.88. The molecule has 0 aromatic rings. The van der Waals surface area contributed by atoms with Gasteiger partial charge in [0, 0.05) is 0 Å². The second-order valence-corrected chi connectivity index (χ2v) is 2.20. The summed E-state index contributed by atoms with van der Waals surface area (Å²) in [5.74, 6) is 0. The highest BCUT2D eigenvalue weighted by atomic mass is 32.2. The molecule has 1 heterocycles. The number of alkyl halides is 3. The van der Waals surface area contributed by atoms with Crippen molar-refractivity contribution < 1.29 is 13.2 Å². The third-order valence-electron chi connectivity index (χ3n) is 0.803. The Morgan fingerprint density at radius 2 is 2.20 bits per heavy atom. The molecule has 0 saturated heterocycles. The molecular weight excluding hydrogens is 165 g/mol. The summed E-state index contributed by atoms with van der Waals surface area (Å²) in [5.41, 5.74) is -0.897. The van der Waals surface area contributed by atoms with Gasteiger partial charge in [-0.1, -0.05) is 0 Å². The normalized spacial score (nSPS) is 18.1. The largest absolute Gasteiger partial charge is 0.435 e. The molecule has 0 radical (unpaired) electrons. The van der Waals surface area contributed by atoms with Gasteiger partial charge in [-0.3, -0.25) is 0 Å². The van der Waals surface area contributed by atoms with E-state index in [1.54, 1.807) is 0 Å². The molecule has 1 aliphatic heterocycles. The predicted octanol–water partition coefficient (Wildman–Crippen LogP) is 1.67. The SMILES string of the molecule is FC(F)(F)C1=NNSC=C1. The highest BCUT2D eigenvalue weighted by Crippen LogP contribution is 2.20. The van der Waals surface area contributed by atoms with Crippen LogP contribution in [0.5, 0.6) is 0 Å². The Labute approximate surface area is 59.3 Å². The van der Waals surface area contributed by atoms with Gasteiger partial charge in [-0.2, -0.15) is 18.3 Å². The monoisotopic (exact) mass is 168 g/mol. The van der Waals surface area contributed by atoms with Crippen LogP contribution in [0.3, 0.4) is 0 Å². The van der Waals surface area contributed by atoms with E-state index in [0.717, 1.165) is 18.0 Å². The van der Waals surface area contributed by atoms with Crippen molar-refractivity contribution in [2.24, 2.45) is 5.10 Å². The van der Waals surface area contributed by atoms with Crippen LogP contribution in [0.25, 0.3) is 0 Å². The molecular formula is C4H3F3N2S. The molecule has 0 amide bonds. The van der Waals surface area contributed by atoms with Crippen LogP contribution in [0.2, 0.25) is 0 Å². The molecule has 1 aliphatic rings. The summed E-state index contributed by atoms with van der Waals surface area (Å²) >= 11 is 0.997. The van der Waals surface area contributed by atoms with Gasteiger partial charge in [-0.25, -0.2) is 4.83 Å². The fourth-order valence-corrected chi connectivity index (χ4v) is 0.808. The van der Waals surface area contributed by atoms with E-state index >= 15 is 0 Å². The van der Waals surface area contributed by atoms with E-state index in [1.165, 1.54) is 5.41 Å². The fraction of sp³-hybridized carbons (Fsp3) is 0.250. The third kappa shape index (κ3) is 1.66. The lowest BCUT2D eigenvalue weighted by Gasteiger charge is -2.08. The van der Waals surface area contributed by atoms with Crippen molar-refractivity contribution in [1.82, 2.24) is 4.83 Å². The molecule has 0 saturated carbocycles. The van der Waals surface area contributed by atoms with Gasteiger partial charge in [0.2, 0.25) is 0 Å². The van der Waals surface area contributed by atoms with E-state index in [1.807, 2.05) is 0 Å². The first-order chi connectivity index (χ1) is 4.61. The van der Waals surface area contributed by atoms with Gasteiger partial charge >= 0.3 is 6.18 Å². The van der Waals surface area contributed by atoms with Crippen molar-refractivity contribution >= 4 is 17.7 Å². The maximum atomic E-state index is 11.7. The van der Waals surface area contributed by atoms with E-state index in [-0.39, 0.29) is 0 Å². The van der Waals surface area contributed by atoms with Crippen LogP contribution < -0.4 is 4.83 Å². The number of halogens is 3. The van der Waals surface area contributed by atoms with Crippen molar-refractivity contribution in [2.75, 3.05) is 0 Å². The van der Waals surface area contributed by atoms with Gasteiger partial charge in [0.15, 0.2) is 5.71 Å². The first-order valence-electron chi connectivity index (χ1n) is 2.33. The molecule has 2 nitrogen and oxygen atoms in total. The zero-order valence-corrected chi connectivity index (χ0v) is 5.46. The van der Waals surface area contributed by atoms with Crippen LogP contribution in [0, 0.1) is 0 Å². The minimum Gasteiger partial charge on any atom is -0.247 e. The zero-order valence-electron chi connectivity index (χ0n) is 4.64. The maximum absolute atomic E-state index is 11.7. The van der Waals surface area contributed by atoms with Crippen molar-refractivity contribution in [2.45, 2.75) is 6.18 Å². The number of hydrogen-bond donors (Lipinski definition) is 1. The van der Waals surface area contributed by atoms with E-state index < -0.39 is 11.9 Å². The van der Waals surface area contributed by atoms with Crippen LogP contribution in [0.1, 0.15) is 0 Å². The lowest BCUT2D eigenvalue weighted by atomic mass is 10.4. The number of nitrogens with zero attached hydrogens (tertiary/aromatic N) is 1. The Hall–Kier alpha value is -0.650. The van der Waals surface area contributed by atoms with Crippen molar-refractivity contribution in [3.63, 3.8) is 0 Å². The van der Waals surface area contributed by atoms with E-state index in [4.69, 9.17) is 0 Å². The highest BCUT2D eigenvalue weighted by Gasteiger charge is 2.34. The summed E-state index contributed by atoms with van der Waals surface area (Å²) in [7, 11) is 0. The molecule has 0 bridgehead atoms. The summed E-state index contributed by atoms with van der Waals surface area (Å²) in [6.07, 6.45) is -3.42. The number of hydrogen-bond acceptors (Lipinski definition) is 3. The molecule has 0 aromatic carbocycles. The number of hydrazone groups is 1. The molecule has 1 N–H and O–H groups in total. The van der Waals surface area contributed by atoms with Gasteiger partial charge < -0.3 is 0 Å². The molecule has 56 valence electrons. The van der Waals surface area contributed by atoms with Gasteiger partial charge in [-0.05, 0) is 23.4 Å². The van der Waals surface area contributed by atoms with Crippen LogP contribution in [0.4, 0.5) is 13.2 Å². The number of rotatable bonds is 0. The van der Waals surface area contributed by atoms with E-state index in [9.17, 15) is 13.2 Å². The number of nitrogens with one attached hydrogen (secondary N) is 1. The first-order valence-corrected chi connectivity index (χ1v) is 3.21. The Morgan fingerprint density at radius 3 is 2.50 bits per heavy atom. The summed E-state index contributed by atoms with van der Waals surface area (Å²) in [4.78, 5) is 2.14. The number of allylic oxidation sites excluding steroid dienone is 1. The van der Waals surface area contributed by atoms with Gasteiger partial charge in [0.25, 0.3) is 0 Å². The quantitative estimate of drug-likeness (QED) is 0.556. The van der Waals surface area contributed by atoms with Gasteiger partial charge in [-0.15, -0.1) is 0 Å². The summed E-state index contributed by atoms with van der Waals surface area (Å²) in [6, 6.07) is 0. The first kappa shape index (κ1) is 7.46.